The maximum Gasteiger partial charge on any atom is 0.220 e. The van der Waals surface area contributed by atoms with Crippen LogP contribution in [-0.2, 0) is 14.6 Å². The van der Waals surface area contributed by atoms with E-state index in [9.17, 15) is 13.2 Å². The molecule has 3 unspecified atom stereocenters. The molecule has 3 rings (SSSR count). The molecule has 3 aliphatic heterocycles. The van der Waals surface area contributed by atoms with E-state index >= 15 is 0 Å². The van der Waals surface area contributed by atoms with Gasteiger partial charge in [0.15, 0.2) is 9.84 Å². The summed E-state index contributed by atoms with van der Waals surface area (Å²) in [6, 6.07) is 1.20. The molecule has 0 aliphatic carbocycles. The van der Waals surface area contributed by atoms with E-state index in [-0.39, 0.29) is 16.9 Å². The van der Waals surface area contributed by atoms with Crippen LogP contribution in [0.15, 0.2) is 0 Å². The maximum atomic E-state index is 12.0. The van der Waals surface area contributed by atoms with Gasteiger partial charge in [-0.3, -0.25) is 4.79 Å². The van der Waals surface area contributed by atoms with E-state index in [1.54, 1.807) is 0 Å². The third-order valence-electron chi connectivity index (χ3n) is 5.03. The Kier molecular flexibility index (Phi) is 4.04. The number of hydrogen-bond acceptors (Lipinski definition) is 4. The number of nitrogens with one attached hydrogen (secondary N) is 2. The molecule has 0 saturated carbocycles. The van der Waals surface area contributed by atoms with Crippen molar-refractivity contribution in [2.45, 2.75) is 62.3 Å². The van der Waals surface area contributed by atoms with Crippen LogP contribution in [0.5, 0.6) is 0 Å². The van der Waals surface area contributed by atoms with Crippen molar-refractivity contribution in [1.29, 1.82) is 0 Å². The van der Waals surface area contributed by atoms with Gasteiger partial charge in [0, 0.05) is 25.0 Å². The van der Waals surface area contributed by atoms with Gasteiger partial charge in [0.25, 0.3) is 0 Å². The fourth-order valence-corrected chi connectivity index (χ4v) is 5.76. The fourth-order valence-electron chi connectivity index (χ4n) is 3.99. The smallest absolute Gasteiger partial charge is 0.220 e. The van der Waals surface area contributed by atoms with E-state index in [0.717, 1.165) is 19.3 Å². The lowest BCUT2D eigenvalue weighted by Gasteiger charge is -2.28. The SMILES string of the molecule is O=C(CC1CC2CCC(C1)N2)NCC1CCCS1(=O)=O. The fraction of sp³-hybridized carbons (Fsp3) is 0.929. The number of hydrogen-bond donors (Lipinski definition) is 2. The maximum absolute atomic E-state index is 12.0. The molecule has 3 heterocycles. The van der Waals surface area contributed by atoms with Crippen LogP contribution in [0.1, 0.15) is 44.9 Å². The highest BCUT2D eigenvalue weighted by Crippen LogP contribution is 2.32. The van der Waals surface area contributed by atoms with Crippen LogP contribution in [0.2, 0.25) is 0 Å². The van der Waals surface area contributed by atoms with E-state index in [2.05, 4.69) is 10.6 Å². The summed E-state index contributed by atoms with van der Waals surface area (Å²) >= 11 is 0. The number of rotatable bonds is 4. The normalized spacial score (nSPS) is 38.8. The summed E-state index contributed by atoms with van der Waals surface area (Å²) in [5.74, 6) is 0.776. The van der Waals surface area contributed by atoms with Gasteiger partial charge in [-0.25, -0.2) is 8.42 Å². The lowest BCUT2D eigenvalue weighted by Crippen LogP contribution is -2.40. The zero-order valence-corrected chi connectivity index (χ0v) is 12.6. The first-order valence-corrected chi connectivity index (χ1v) is 9.49. The van der Waals surface area contributed by atoms with E-state index in [4.69, 9.17) is 0 Å². The predicted octanol–water partition coefficient (Wildman–Crippen LogP) is 0.601. The van der Waals surface area contributed by atoms with Crippen LogP contribution in [0.4, 0.5) is 0 Å². The third kappa shape index (κ3) is 3.17. The predicted molar refractivity (Wildman–Crippen MR) is 77.1 cm³/mol. The highest BCUT2D eigenvalue weighted by molar-refractivity contribution is 7.92. The van der Waals surface area contributed by atoms with Crippen LogP contribution in [0.3, 0.4) is 0 Å². The van der Waals surface area contributed by atoms with Crippen molar-refractivity contribution in [1.82, 2.24) is 10.6 Å². The summed E-state index contributed by atoms with van der Waals surface area (Å²) in [6.45, 7) is 0.305. The molecule has 114 valence electrons. The molecule has 6 heteroatoms. The first-order valence-electron chi connectivity index (χ1n) is 7.77. The molecule has 0 aromatic heterocycles. The van der Waals surface area contributed by atoms with Gasteiger partial charge in [-0.1, -0.05) is 0 Å². The Bertz CT molecular complexity index is 465. The van der Waals surface area contributed by atoms with Gasteiger partial charge in [-0.15, -0.1) is 0 Å². The molecule has 3 aliphatic rings. The van der Waals surface area contributed by atoms with Gasteiger partial charge in [0.1, 0.15) is 0 Å². The lowest BCUT2D eigenvalue weighted by atomic mass is 9.89. The van der Waals surface area contributed by atoms with Crippen molar-refractivity contribution in [2.24, 2.45) is 5.92 Å². The summed E-state index contributed by atoms with van der Waals surface area (Å²) in [5, 5.41) is 6.06. The Morgan fingerprint density at radius 2 is 1.85 bits per heavy atom. The Balaban J connectivity index is 1.43. The van der Waals surface area contributed by atoms with Crippen molar-refractivity contribution in [3.8, 4) is 0 Å². The first kappa shape index (κ1) is 14.3. The Morgan fingerprint density at radius 3 is 2.45 bits per heavy atom. The second kappa shape index (κ2) is 5.64. The number of carbonyl (C=O) groups is 1. The molecule has 0 spiro atoms. The third-order valence-corrected chi connectivity index (χ3v) is 7.31. The average molecular weight is 300 g/mol. The minimum absolute atomic E-state index is 0.0263. The first-order chi connectivity index (χ1) is 9.53. The molecule has 0 radical (unpaired) electrons. The molecular weight excluding hydrogens is 276 g/mol. The minimum Gasteiger partial charge on any atom is -0.355 e. The molecule has 2 bridgehead atoms. The summed E-state index contributed by atoms with van der Waals surface area (Å²) in [7, 11) is -2.95. The number of amides is 1. The summed E-state index contributed by atoms with van der Waals surface area (Å²) in [4.78, 5) is 12.0. The van der Waals surface area contributed by atoms with Crippen molar-refractivity contribution in [3.63, 3.8) is 0 Å². The van der Waals surface area contributed by atoms with Gasteiger partial charge < -0.3 is 10.6 Å². The van der Waals surface area contributed by atoms with Crippen molar-refractivity contribution < 1.29 is 13.2 Å². The molecule has 2 N–H and O–H groups in total. The zero-order chi connectivity index (χ0) is 14.2. The highest BCUT2D eigenvalue weighted by Gasteiger charge is 2.35. The van der Waals surface area contributed by atoms with E-state index in [1.807, 2.05) is 0 Å². The van der Waals surface area contributed by atoms with Gasteiger partial charge in [-0.2, -0.15) is 0 Å². The molecule has 3 saturated heterocycles. The average Bonchev–Trinajstić information content (AvgIpc) is 2.89. The number of carbonyl (C=O) groups excluding carboxylic acids is 1. The minimum atomic E-state index is -2.95. The molecule has 20 heavy (non-hydrogen) atoms. The topological polar surface area (TPSA) is 75.3 Å². The monoisotopic (exact) mass is 300 g/mol. The van der Waals surface area contributed by atoms with Crippen molar-refractivity contribution >= 4 is 15.7 Å². The molecule has 1 amide bonds. The summed E-state index contributed by atoms with van der Waals surface area (Å²) < 4.78 is 23.4. The Morgan fingerprint density at radius 1 is 1.15 bits per heavy atom. The molecule has 0 aromatic carbocycles. The highest BCUT2D eigenvalue weighted by atomic mass is 32.2. The van der Waals surface area contributed by atoms with Gasteiger partial charge in [0.05, 0.1) is 11.0 Å². The number of fused-ring (bicyclic) bond motifs is 2. The van der Waals surface area contributed by atoms with Crippen molar-refractivity contribution in [3.05, 3.63) is 0 Å². The zero-order valence-electron chi connectivity index (χ0n) is 11.8. The van der Waals surface area contributed by atoms with Crippen LogP contribution >= 0.6 is 0 Å². The molecule has 3 atom stereocenters. The van der Waals surface area contributed by atoms with Gasteiger partial charge in [0.2, 0.25) is 5.91 Å². The van der Waals surface area contributed by atoms with Crippen LogP contribution in [0.25, 0.3) is 0 Å². The standard InChI is InChI=1S/C14H24N2O3S/c17-14(15-9-13-2-1-5-20(13,18)19)8-10-6-11-3-4-12(7-10)16-11/h10-13,16H,1-9H2,(H,15,17). The quantitative estimate of drug-likeness (QED) is 0.797. The molecule has 3 fully saturated rings. The van der Waals surface area contributed by atoms with Crippen LogP contribution < -0.4 is 10.6 Å². The second-order valence-corrected chi connectivity index (χ2v) is 9.02. The van der Waals surface area contributed by atoms with Gasteiger partial charge in [-0.05, 0) is 44.4 Å². The Labute approximate surface area is 120 Å². The van der Waals surface area contributed by atoms with Gasteiger partial charge >= 0.3 is 0 Å². The number of sulfone groups is 1. The van der Waals surface area contributed by atoms with E-state index in [0.29, 0.717) is 37.4 Å². The molecular formula is C14H24N2O3S. The largest absolute Gasteiger partial charge is 0.355 e. The summed E-state index contributed by atoms with van der Waals surface area (Å²) in [5.41, 5.74) is 0. The van der Waals surface area contributed by atoms with Crippen molar-refractivity contribution in [2.75, 3.05) is 12.3 Å². The van der Waals surface area contributed by atoms with Crippen LogP contribution in [-0.4, -0.2) is 44.0 Å². The van der Waals surface area contributed by atoms with E-state index in [1.165, 1.54) is 12.8 Å². The molecule has 5 nitrogen and oxygen atoms in total. The van der Waals surface area contributed by atoms with E-state index < -0.39 is 9.84 Å². The lowest BCUT2D eigenvalue weighted by molar-refractivity contribution is -0.122. The number of piperidine rings is 1. The summed E-state index contributed by atoms with van der Waals surface area (Å²) in [6.07, 6.45) is 6.64. The molecule has 0 aromatic rings. The second-order valence-electron chi connectivity index (χ2n) is 6.61. The Hall–Kier alpha value is -0.620. The van der Waals surface area contributed by atoms with Crippen LogP contribution in [0, 0.1) is 5.92 Å².